The molecule has 8 heteroatoms. The Morgan fingerprint density at radius 3 is 2.23 bits per heavy atom. The number of carbonyl (C=O) groups excluding carboxylic acids is 1. The molecule has 0 heterocycles. The Balaban J connectivity index is 1.91. The van der Waals surface area contributed by atoms with Crippen molar-refractivity contribution in [1.82, 2.24) is 5.43 Å². The van der Waals surface area contributed by atoms with E-state index in [9.17, 15) is 13.2 Å². The van der Waals surface area contributed by atoms with Gasteiger partial charge in [0.25, 0.3) is 15.9 Å². The number of hydrogen-bond donors (Lipinski definition) is 1. The van der Waals surface area contributed by atoms with Crippen LogP contribution in [0.4, 0.5) is 5.69 Å². The topological polar surface area (TPSA) is 78.8 Å². The summed E-state index contributed by atoms with van der Waals surface area (Å²) in [6, 6.07) is 20.2. The van der Waals surface area contributed by atoms with Crippen molar-refractivity contribution in [2.75, 3.05) is 4.31 Å². The minimum absolute atomic E-state index is 0.0710. The summed E-state index contributed by atoms with van der Waals surface area (Å²) in [5.74, 6) is -0.334. The third kappa shape index (κ3) is 6.50. The van der Waals surface area contributed by atoms with E-state index in [0.717, 1.165) is 16.8 Å². The van der Waals surface area contributed by atoms with E-state index in [4.69, 9.17) is 11.6 Å². The first kappa shape index (κ1) is 26.4. The quantitative estimate of drug-likeness (QED) is 0.303. The first-order chi connectivity index (χ1) is 16.4. The molecule has 0 fully saturated rings. The molecule has 0 aliphatic carbocycles. The second kappa shape index (κ2) is 10.6. The zero-order valence-electron chi connectivity index (χ0n) is 20.5. The first-order valence-electron chi connectivity index (χ1n) is 11.2. The van der Waals surface area contributed by atoms with Gasteiger partial charge in [-0.25, -0.2) is 13.8 Å². The summed E-state index contributed by atoms with van der Waals surface area (Å²) in [6.07, 6.45) is 0. The van der Waals surface area contributed by atoms with Crippen LogP contribution in [-0.4, -0.2) is 20.0 Å². The number of anilines is 1. The highest BCUT2D eigenvalue weighted by atomic mass is 35.5. The predicted octanol–water partition coefficient (Wildman–Crippen LogP) is 6.20. The summed E-state index contributed by atoms with van der Waals surface area (Å²) in [5, 5.41) is 4.62. The van der Waals surface area contributed by atoms with Gasteiger partial charge in [0.15, 0.2) is 0 Å². The number of hydrazone groups is 1. The molecule has 0 unspecified atom stereocenters. The molecular weight excluding hydrogens is 482 g/mol. The molecule has 184 valence electrons. The van der Waals surface area contributed by atoms with E-state index < -0.39 is 10.0 Å². The molecule has 1 amide bonds. The zero-order valence-corrected chi connectivity index (χ0v) is 22.1. The molecule has 3 aromatic carbocycles. The lowest BCUT2D eigenvalue weighted by atomic mass is 9.91. The molecule has 0 aliphatic rings. The predicted molar refractivity (Wildman–Crippen MR) is 142 cm³/mol. The van der Waals surface area contributed by atoms with Crippen molar-refractivity contribution in [3.05, 3.63) is 94.5 Å². The van der Waals surface area contributed by atoms with Crippen molar-refractivity contribution in [3.63, 3.8) is 0 Å². The van der Waals surface area contributed by atoms with Gasteiger partial charge in [0.05, 0.1) is 17.1 Å². The van der Waals surface area contributed by atoms with Crippen LogP contribution in [0.15, 0.2) is 82.8 Å². The summed E-state index contributed by atoms with van der Waals surface area (Å²) < 4.78 is 28.6. The van der Waals surface area contributed by atoms with Gasteiger partial charge in [-0.05, 0) is 61.4 Å². The van der Waals surface area contributed by atoms with E-state index in [1.165, 1.54) is 4.31 Å². The number of sulfonamides is 1. The number of halogens is 1. The maximum Gasteiger partial charge on any atom is 0.271 e. The third-order valence-corrected chi connectivity index (χ3v) is 7.73. The summed E-state index contributed by atoms with van der Waals surface area (Å²) >= 11 is 6.22. The molecule has 0 atom stereocenters. The Bertz CT molecular complexity index is 1330. The lowest BCUT2D eigenvalue weighted by Crippen LogP contribution is -2.31. The molecule has 6 nitrogen and oxygen atoms in total. The molecule has 0 saturated heterocycles. The molecule has 0 saturated carbocycles. The van der Waals surface area contributed by atoms with E-state index in [0.29, 0.717) is 16.3 Å². The van der Waals surface area contributed by atoms with Gasteiger partial charge in [-0.2, -0.15) is 5.10 Å². The van der Waals surface area contributed by atoms with Crippen LogP contribution in [-0.2, 0) is 16.6 Å². The molecule has 0 aromatic heterocycles. The molecule has 0 radical (unpaired) electrons. The van der Waals surface area contributed by atoms with Crippen LogP contribution in [0.5, 0.6) is 0 Å². The first-order valence-corrected chi connectivity index (χ1v) is 13.0. The number of carbonyl (C=O) groups is 1. The molecule has 3 aromatic rings. The van der Waals surface area contributed by atoms with Crippen molar-refractivity contribution in [1.29, 1.82) is 0 Å². The maximum atomic E-state index is 13.6. The minimum Gasteiger partial charge on any atom is -0.267 e. The van der Waals surface area contributed by atoms with Gasteiger partial charge in [-0.15, -0.1) is 0 Å². The van der Waals surface area contributed by atoms with Crippen LogP contribution in [0.25, 0.3) is 0 Å². The van der Waals surface area contributed by atoms with Gasteiger partial charge in [0.2, 0.25) is 0 Å². The fraction of sp³-hybridized carbons (Fsp3) is 0.259. The Morgan fingerprint density at radius 2 is 1.63 bits per heavy atom. The number of aryl methyl sites for hydroxylation is 1. The number of rotatable bonds is 7. The summed E-state index contributed by atoms with van der Waals surface area (Å²) in [6.45, 7) is 9.83. The molecule has 0 spiro atoms. The Labute approximate surface area is 212 Å². The number of amides is 1. The monoisotopic (exact) mass is 511 g/mol. The molecule has 3 rings (SSSR count). The second-order valence-corrected chi connectivity index (χ2v) is 11.6. The third-order valence-electron chi connectivity index (χ3n) is 5.72. The zero-order chi connectivity index (χ0) is 25.8. The SMILES string of the molecule is C/C(=N/NC(=O)c1ccc(CN(c2cc(Cl)ccc2C)S(=O)(=O)c2ccccc2)cc1)C(C)(C)C. The number of hydrogen-bond acceptors (Lipinski definition) is 4. The van der Waals surface area contributed by atoms with Crippen LogP contribution in [0, 0.1) is 12.3 Å². The van der Waals surface area contributed by atoms with Gasteiger partial charge in [-0.3, -0.25) is 9.10 Å². The minimum atomic E-state index is -3.87. The van der Waals surface area contributed by atoms with E-state index in [1.54, 1.807) is 72.8 Å². The highest BCUT2D eigenvalue weighted by Gasteiger charge is 2.26. The van der Waals surface area contributed by atoms with Crippen molar-refractivity contribution in [2.24, 2.45) is 10.5 Å². The van der Waals surface area contributed by atoms with Crippen LogP contribution in [0.1, 0.15) is 49.2 Å². The van der Waals surface area contributed by atoms with Crippen LogP contribution >= 0.6 is 11.6 Å². The molecule has 0 aliphatic heterocycles. The fourth-order valence-electron chi connectivity index (χ4n) is 3.16. The molecule has 1 N–H and O–H groups in total. The van der Waals surface area contributed by atoms with E-state index in [1.807, 2.05) is 34.6 Å². The Hall–Kier alpha value is -3.16. The highest BCUT2D eigenvalue weighted by molar-refractivity contribution is 7.92. The van der Waals surface area contributed by atoms with Gasteiger partial charge in [0.1, 0.15) is 0 Å². The van der Waals surface area contributed by atoms with Gasteiger partial charge < -0.3 is 0 Å². The van der Waals surface area contributed by atoms with Crippen LogP contribution < -0.4 is 9.73 Å². The standard InChI is InChI=1S/C27H30ClN3O3S/c1-19-11-16-23(28)17-25(19)31(35(33,34)24-9-7-6-8-10-24)18-21-12-14-22(15-13-21)26(32)30-29-20(2)27(3,4)5/h6-17H,18H2,1-5H3,(H,30,32)/b29-20-. The number of nitrogens with zero attached hydrogens (tertiary/aromatic N) is 2. The normalized spacial score (nSPS) is 12.3. The summed E-state index contributed by atoms with van der Waals surface area (Å²) in [4.78, 5) is 12.7. The lowest BCUT2D eigenvalue weighted by molar-refractivity contribution is 0.0954. The van der Waals surface area contributed by atoms with Crippen LogP contribution in [0.2, 0.25) is 5.02 Å². The highest BCUT2D eigenvalue weighted by Crippen LogP contribution is 2.31. The van der Waals surface area contributed by atoms with E-state index >= 15 is 0 Å². The Kier molecular flexibility index (Phi) is 8.03. The largest absolute Gasteiger partial charge is 0.271 e. The smallest absolute Gasteiger partial charge is 0.267 e. The van der Waals surface area contributed by atoms with Crippen molar-refractivity contribution >= 4 is 38.9 Å². The van der Waals surface area contributed by atoms with Gasteiger partial charge in [0, 0.05) is 21.7 Å². The summed E-state index contributed by atoms with van der Waals surface area (Å²) in [7, 11) is -3.87. The Morgan fingerprint density at radius 1 is 1.00 bits per heavy atom. The summed E-state index contributed by atoms with van der Waals surface area (Å²) in [5.41, 5.74) is 5.65. The number of benzene rings is 3. The van der Waals surface area contributed by atoms with Crippen LogP contribution in [0.3, 0.4) is 0 Å². The van der Waals surface area contributed by atoms with Crippen molar-refractivity contribution < 1.29 is 13.2 Å². The van der Waals surface area contributed by atoms with Gasteiger partial charge >= 0.3 is 0 Å². The molecule has 0 bridgehead atoms. The van der Waals surface area contributed by atoms with Crippen molar-refractivity contribution in [2.45, 2.75) is 46.1 Å². The average Bonchev–Trinajstić information content (AvgIpc) is 2.82. The van der Waals surface area contributed by atoms with Crippen molar-refractivity contribution in [3.8, 4) is 0 Å². The average molecular weight is 512 g/mol. The molecule has 35 heavy (non-hydrogen) atoms. The van der Waals surface area contributed by atoms with E-state index in [2.05, 4.69) is 10.5 Å². The maximum absolute atomic E-state index is 13.6. The fourth-order valence-corrected chi connectivity index (χ4v) is 4.86. The number of nitrogens with one attached hydrogen (secondary N) is 1. The molecular formula is C27H30ClN3O3S. The lowest BCUT2D eigenvalue weighted by Gasteiger charge is -2.26. The van der Waals surface area contributed by atoms with Gasteiger partial charge in [-0.1, -0.05) is 68.8 Å². The van der Waals surface area contributed by atoms with E-state index in [-0.39, 0.29) is 22.8 Å². The second-order valence-electron chi connectivity index (χ2n) is 9.34.